The molecule has 9 heteroatoms. The Kier molecular flexibility index (Phi) is 8.17. The van der Waals surface area contributed by atoms with E-state index in [1.54, 1.807) is 44.0 Å². The van der Waals surface area contributed by atoms with Crippen molar-refractivity contribution in [2.45, 2.75) is 19.0 Å². The molecule has 4 rings (SSSR count). The lowest BCUT2D eigenvalue weighted by Gasteiger charge is -2.19. The quantitative estimate of drug-likeness (QED) is 0.188. The van der Waals surface area contributed by atoms with Crippen molar-refractivity contribution < 1.29 is 24.3 Å². The van der Waals surface area contributed by atoms with Crippen LogP contribution < -0.4 is 25.6 Å². The highest BCUT2D eigenvalue weighted by molar-refractivity contribution is 7.19. The van der Waals surface area contributed by atoms with Crippen LogP contribution in [0.4, 0.5) is 5.69 Å². The minimum absolute atomic E-state index is 0.0856. The fraction of sp³-hybridized carbons (Fsp3) is 0.185. The average molecular weight is 506 g/mol. The third-order valence-corrected chi connectivity index (χ3v) is 6.77. The molecule has 4 N–H and O–H groups in total. The van der Waals surface area contributed by atoms with Gasteiger partial charge in [-0.2, -0.15) is 0 Å². The lowest BCUT2D eigenvalue weighted by Crippen LogP contribution is -2.32. The molecule has 0 aliphatic heterocycles. The first-order chi connectivity index (χ1) is 17.5. The highest BCUT2D eigenvalue weighted by Crippen LogP contribution is 2.30. The monoisotopic (exact) mass is 505 g/mol. The van der Waals surface area contributed by atoms with Gasteiger partial charge >= 0.3 is 0 Å². The van der Waals surface area contributed by atoms with E-state index < -0.39 is 11.9 Å². The van der Waals surface area contributed by atoms with E-state index in [1.165, 1.54) is 11.3 Å². The van der Waals surface area contributed by atoms with Crippen molar-refractivity contribution in [3.8, 4) is 11.5 Å². The van der Waals surface area contributed by atoms with Crippen LogP contribution in [0.25, 0.3) is 10.1 Å². The van der Waals surface area contributed by atoms with Crippen molar-refractivity contribution in [2.24, 2.45) is 0 Å². The second-order valence-corrected chi connectivity index (χ2v) is 9.27. The molecule has 0 aliphatic carbocycles. The second kappa shape index (κ2) is 11.7. The first-order valence-corrected chi connectivity index (χ1v) is 12.1. The summed E-state index contributed by atoms with van der Waals surface area (Å²) in [6, 6.07) is 21.9. The number of thiophene rings is 1. The third kappa shape index (κ3) is 6.19. The molecular formula is C27H27N3O5S. The van der Waals surface area contributed by atoms with Gasteiger partial charge in [0.1, 0.15) is 17.5 Å². The Balaban J connectivity index is 1.59. The molecule has 1 atom stereocenters. The Morgan fingerprint density at radius 2 is 1.58 bits per heavy atom. The fourth-order valence-corrected chi connectivity index (χ4v) is 4.89. The molecule has 36 heavy (non-hydrogen) atoms. The average Bonchev–Trinajstić information content (AvgIpc) is 3.31. The fourth-order valence-electron chi connectivity index (χ4n) is 3.78. The van der Waals surface area contributed by atoms with Gasteiger partial charge in [0.25, 0.3) is 0 Å². The number of amides is 2. The van der Waals surface area contributed by atoms with E-state index in [2.05, 4.69) is 10.6 Å². The van der Waals surface area contributed by atoms with E-state index in [1.807, 2.05) is 48.5 Å². The zero-order valence-electron chi connectivity index (χ0n) is 19.9. The van der Waals surface area contributed by atoms with E-state index in [9.17, 15) is 9.59 Å². The predicted octanol–water partition coefficient (Wildman–Crippen LogP) is 4.44. The van der Waals surface area contributed by atoms with Crippen LogP contribution >= 0.6 is 11.3 Å². The van der Waals surface area contributed by atoms with Gasteiger partial charge in [0.15, 0.2) is 0 Å². The molecular weight excluding hydrogens is 478 g/mol. The van der Waals surface area contributed by atoms with Gasteiger partial charge in [-0.1, -0.05) is 24.3 Å². The maximum Gasteiger partial charge on any atom is 0.248 e. The van der Waals surface area contributed by atoms with Crippen molar-refractivity contribution in [3.05, 3.63) is 88.8 Å². The van der Waals surface area contributed by atoms with Gasteiger partial charge in [-0.05, 0) is 65.0 Å². The van der Waals surface area contributed by atoms with Gasteiger partial charge in [-0.3, -0.25) is 20.1 Å². The SMILES string of the molecule is COc1ccc(CNC(C(=O)Nc2ccc(OC)cc2)c2ccc3cc(CC(=O)NO)sc3c2)cc1. The first-order valence-electron chi connectivity index (χ1n) is 11.3. The molecule has 1 heterocycles. The number of ether oxygens (including phenoxy) is 2. The molecule has 1 aromatic heterocycles. The van der Waals surface area contributed by atoms with Crippen LogP contribution in [0, 0.1) is 0 Å². The van der Waals surface area contributed by atoms with Crippen molar-refractivity contribution in [2.75, 3.05) is 19.5 Å². The number of hydrogen-bond acceptors (Lipinski definition) is 7. The van der Waals surface area contributed by atoms with Gasteiger partial charge in [0.05, 0.1) is 20.6 Å². The van der Waals surface area contributed by atoms with Crippen molar-refractivity contribution in [1.82, 2.24) is 10.8 Å². The number of anilines is 1. The number of hydroxylamine groups is 1. The standard InChI is InChI=1S/C27H27N3O5S/c1-34-21-9-3-17(4-10-21)16-28-26(27(32)29-20-7-11-22(35-2)12-8-20)19-6-5-18-13-23(15-25(31)30-33)36-24(18)14-19/h3-14,26,28,33H,15-16H2,1-2H3,(H,29,32)(H,30,31). The summed E-state index contributed by atoms with van der Waals surface area (Å²) in [6.45, 7) is 0.467. The number of carbonyl (C=O) groups excluding carboxylic acids is 2. The largest absolute Gasteiger partial charge is 0.497 e. The van der Waals surface area contributed by atoms with Crippen molar-refractivity contribution in [3.63, 3.8) is 0 Å². The number of methoxy groups -OCH3 is 2. The van der Waals surface area contributed by atoms with Crippen LogP contribution in [-0.2, 0) is 22.6 Å². The summed E-state index contributed by atoms with van der Waals surface area (Å²) in [5.74, 6) is 0.793. The molecule has 4 aromatic rings. The number of nitrogens with one attached hydrogen (secondary N) is 3. The molecule has 186 valence electrons. The van der Waals surface area contributed by atoms with Gasteiger partial charge in [0, 0.05) is 21.8 Å². The Bertz CT molecular complexity index is 1340. The Hall–Kier alpha value is -3.92. The van der Waals surface area contributed by atoms with E-state index in [0.717, 1.165) is 31.8 Å². The summed E-state index contributed by atoms with van der Waals surface area (Å²) in [5, 5.41) is 16.1. The molecule has 0 saturated heterocycles. The van der Waals surface area contributed by atoms with Crippen LogP contribution in [0.2, 0.25) is 0 Å². The molecule has 3 aromatic carbocycles. The van der Waals surface area contributed by atoms with E-state index in [4.69, 9.17) is 14.7 Å². The summed E-state index contributed by atoms with van der Waals surface area (Å²) in [7, 11) is 3.21. The molecule has 0 saturated carbocycles. The minimum Gasteiger partial charge on any atom is -0.497 e. The van der Waals surface area contributed by atoms with Gasteiger partial charge < -0.3 is 14.8 Å². The number of benzene rings is 3. The van der Waals surface area contributed by atoms with E-state index in [0.29, 0.717) is 18.0 Å². The van der Waals surface area contributed by atoms with E-state index in [-0.39, 0.29) is 12.3 Å². The maximum atomic E-state index is 13.4. The molecule has 0 bridgehead atoms. The zero-order chi connectivity index (χ0) is 25.5. The first kappa shape index (κ1) is 25.2. The smallest absolute Gasteiger partial charge is 0.248 e. The van der Waals surface area contributed by atoms with E-state index >= 15 is 0 Å². The molecule has 2 amide bonds. The van der Waals surface area contributed by atoms with Crippen LogP contribution in [0.15, 0.2) is 72.8 Å². The van der Waals surface area contributed by atoms with Gasteiger partial charge in [-0.25, -0.2) is 5.48 Å². The second-order valence-electron chi connectivity index (χ2n) is 8.10. The number of carbonyl (C=O) groups is 2. The zero-order valence-corrected chi connectivity index (χ0v) is 20.7. The molecule has 8 nitrogen and oxygen atoms in total. The third-order valence-electron chi connectivity index (χ3n) is 5.68. The lowest BCUT2D eigenvalue weighted by atomic mass is 10.0. The summed E-state index contributed by atoms with van der Waals surface area (Å²) >= 11 is 1.45. The summed E-state index contributed by atoms with van der Waals surface area (Å²) in [4.78, 5) is 25.8. The molecule has 0 fully saturated rings. The van der Waals surface area contributed by atoms with Crippen molar-refractivity contribution in [1.29, 1.82) is 0 Å². The Morgan fingerprint density at radius 3 is 2.22 bits per heavy atom. The summed E-state index contributed by atoms with van der Waals surface area (Å²) in [6.07, 6.45) is 0.0856. The summed E-state index contributed by atoms with van der Waals surface area (Å²) < 4.78 is 11.4. The number of fused-ring (bicyclic) bond motifs is 1. The molecule has 0 spiro atoms. The van der Waals surface area contributed by atoms with Crippen LogP contribution in [0.3, 0.4) is 0 Å². The molecule has 1 unspecified atom stereocenters. The highest BCUT2D eigenvalue weighted by Gasteiger charge is 2.21. The van der Waals surface area contributed by atoms with Crippen LogP contribution in [0.1, 0.15) is 22.0 Å². The van der Waals surface area contributed by atoms with Crippen LogP contribution in [-0.4, -0.2) is 31.2 Å². The van der Waals surface area contributed by atoms with Gasteiger partial charge in [-0.15, -0.1) is 11.3 Å². The topological polar surface area (TPSA) is 109 Å². The Morgan fingerprint density at radius 1 is 0.917 bits per heavy atom. The van der Waals surface area contributed by atoms with Gasteiger partial charge in [0.2, 0.25) is 11.8 Å². The summed E-state index contributed by atoms with van der Waals surface area (Å²) in [5.41, 5.74) is 4.12. The maximum absolute atomic E-state index is 13.4. The predicted molar refractivity (Wildman–Crippen MR) is 140 cm³/mol. The molecule has 0 aliphatic rings. The minimum atomic E-state index is -0.634. The Labute approximate surface area is 212 Å². The van der Waals surface area contributed by atoms with Crippen LogP contribution in [0.5, 0.6) is 11.5 Å². The number of hydrogen-bond donors (Lipinski definition) is 4. The number of rotatable bonds is 10. The normalized spacial score (nSPS) is 11.6. The molecule has 0 radical (unpaired) electrons. The lowest BCUT2D eigenvalue weighted by molar-refractivity contribution is -0.128. The van der Waals surface area contributed by atoms with Crippen molar-refractivity contribution >= 4 is 38.9 Å². The highest BCUT2D eigenvalue weighted by atomic mass is 32.1.